The van der Waals surface area contributed by atoms with Crippen molar-refractivity contribution in [1.82, 2.24) is 0 Å². The van der Waals surface area contributed by atoms with Crippen LogP contribution in [0.4, 0.5) is 0 Å². The maximum atomic E-state index is 11.5. The molecule has 4 heteroatoms. The molecule has 0 saturated heterocycles. The molecule has 0 aromatic carbocycles. The number of nitrogens with zero attached hydrogens (tertiary/aromatic N) is 1. The summed E-state index contributed by atoms with van der Waals surface area (Å²) in [5.41, 5.74) is 0.740. The van der Waals surface area contributed by atoms with Gasteiger partial charge < -0.3 is 0 Å². The molecule has 0 radical (unpaired) electrons. The van der Waals surface area contributed by atoms with Crippen LogP contribution in [-0.2, 0) is 4.79 Å². The molecule has 0 aromatic rings. The van der Waals surface area contributed by atoms with Gasteiger partial charge >= 0.3 is 0 Å². The van der Waals surface area contributed by atoms with Gasteiger partial charge in [-0.25, -0.2) is 0 Å². The Morgan fingerprint density at radius 2 is 2.21 bits per heavy atom. The zero-order chi connectivity index (χ0) is 10.1. The summed E-state index contributed by atoms with van der Waals surface area (Å²) in [6.45, 7) is 0. The van der Waals surface area contributed by atoms with Gasteiger partial charge in [0, 0.05) is 23.3 Å². The SMILES string of the molecule is O=C1CCCC2C1=CCCC2[N+](=O)[O-]. The van der Waals surface area contributed by atoms with Gasteiger partial charge in [0.1, 0.15) is 0 Å². The lowest BCUT2D eigenvalue weighted by atomic mass is 9.74. The van der Waals surface area contributed by atoms with Gasteiger partial charge in [0.15, 0.2) is 5.78 Å². The number of carbonyl (C=O) groups is 1. The Labute approximate surface area is 82.1 Å². The Morgan fingerprint density at radius 3 is 2.93 bits per heavy atom. The summed E-state index contributed by atoms with van der Waals surface area (Å²) in [6.07, 6.45) is 5.38. The number of nitro groups is 1. The van der Waals surface area contributed by atoms with Crippen molar-refractivity contribution in [3.8, 4) is 0 Å². The first-order chi connectivity index (χ1) is 6.70. The van der Waals surface area contributed by atoms with Crippen molar-refractivity contribution in [2.75, 3.05) is 0 Å². The highest BCUT2D eigenvalue weighted by atomic mass is 16.6. The van der Waals surface area contributed by atoms with Crippen molar-refractivity contribution in [2.45, 2.75) is 38.1 Å². The van der Waals surface area contributed by atoms with Gasteiger partial charge in [0.2, 0.25) is 6.04 Å². The molecule has 76 valence electrons. The second-order valence-corrected chi connectivity index (χ2v) is 4.01. The van der Waals surface area contributed by atoms with Crippen LogP contribution >= 0.6 is 0 Å². The smallest absolute Gasteiger partial charge is 0.220 e. The zero-order valence-corrected chi connectivity index (χ0v) is 7.94. The van der Waals surface area contributed by atoms with Gasteiger partial charge in [-0.3, -0.25) is 14.9 Å². The molecule has 0 aliphatic heterocycles. The number of Topliss-reactive ketones (excluding diaryl/α,β-unsaturated/α-hetero) is 1. The highest BCUT2D eigenvalue weighted by Gasteiger charge is 2.40. The summed E-state index contributed by atoms with van der Waals surface area (Å²) in [5, 5.41) is 10.8. The van der Waals surface area contributed by atoms with Crippen LogP contribution in [0.2, 0.25) is 0 Å². The highest BCUT2D eigenvalue weighted by molar-refractivity contribution is 5.96. The van der Waals surface area contributed by atoms with Crippen molar-refractivity contribution >= 4 is 5.78 Å². The monoisotopic (exact) mass is 195 g/mol. The summed E-state index contributed by atoms with van der Waals surface area (Å²) < 4.78 is 0. The van der Waals surface area contributed by atoms with E-state index < -0.39 is 6.04 Å². The van der Waals surface area contributed by atoms with Crippen LogP contribution in [-0.4, -0.2) is 16.7 Å². The second kappa shape index (κ2) is 3.52. The van der Waals surface area contributed by atoms with Crippen molar-refractivity contribution in [3.63, 3.8) is 0 Å². The van der Waals surface area contributed by atoms with E-state index in [4.69, 9.17) is 0 Å². The molecule has 2 aliphatic rings. The van der Waals surface area contributed by atoms with Gasteiger partial charge in [0.05, 0.1) is 5.92 Å². The maximum Gasteiger partial charge on any atom is 0.220 e. The fraction of sp³-hybridized carbons (Fsp3) is 0.700. The standard InChI is InChI=1S/C10H13NO3/c12-10-6-2-3-7-8(10)4-1-5-9(7)11(13)14/h4,7,9H,1-3,5-6H2. The fourth-order valence-corrected chi connectivity index (χ4v) is 2.52. The number of allylic oxidation sites excluding steroid dienone is 1. The lowest BCUT2D eigenvalue weighted by Gasteiger charge is -2.29. The molecule has 0 spiro atoms. The third-order valence-corrected chi connectivity index (χ3v) is 3.20. The van der Waals surface area contributed by atoms with Gasteiger partial charge in [-0.05, 0) is 19.3 Å². The number of fused-ring (bicyclic) bond motifs is 1. The van der Waals surface area contributed by atoms with E-state index in [9.17, 15) is 14.9 Å². The van der Waals surface area contributed by atoms with Crippen LogP contribution in [0, 0.1) is 16.0 Å². The third kappa shape index (κ3) is 1.45. The molecule has 0 heterocycles. The molecule has 1 saturated carbocycles. The molecule has 0 N–H and O–H groups in total. The van der Waals surface area contributed by atoms with Crippen LogP contribution in [0.1, 0.15) is 32.1 Å². The lowest BCUT2D eigenvalue weighted by molar-refractivity contribution is -0.532. The molecule has 0 amide bonds. The van der Waals surface area contributed by atoms with Crippen LogP contribution in [0.3, 0.4) is 0 Å². The molecule has 4 nitrogen and oxygen atoms in total. The second-order valence-electron chi connectivity index (χ2n) is 4.01. The molecular weight excluding hydrogens is 182 g/mol. The molecule has 2 atom stereocenters. The van der Waals surface area contributed by atoms with E-state index in [2.05, 4.69) is 0 Å². The first-order valence-corrected chi connectivity index (χ1v) is 5.07. The third-order valence-electron chi connectivity index (χ3n) is 3.20. The quantitative estimate of drug-likeness (QED) is 0.472. The Balaban J connectivity index is 2.25. The average Bonchev–Trinajstić information content (AvgIpc) is 2.17. The number of hydrogen-bond acceptors (Lipinski definition) is 3. The number of hydrogen-bond donors (Lipinski definition) is 0. The van der Waals surface area contributed by atoms with E-state index in [1.165, 1.54) is 0 Å². The van der Waals surface area contributed by atoms with E-state index in [1.54, 1.807) is 0 Å². The average molecular weight is 195 g/mol. The maximum absolute atomic E-state index is 11.5. The number of carbonyl (C=O) groups excluding carboxylic acids is 1. The van der Waals surface area contributed by atoms with Crippen molar-refractivity contribution < 1.29 is 9.72 Å². The summed E-state index contributed by atoms with van der Waals surface area (Å²) >= 11 is 0. The van der Waals surface area contributed by atoms with Crippen LogP contribution < -0.4 is 0 Å². The van der Waals surface area contributed by atoms with Crippen LogP contribution in [0.15, 0.2) is 11.6 Å². The Bertz CT molecular complexity index is 308. The number of rotatable bonds is 1. The molecule has 1 fully saturated rings. The van der Waals surface area contributed by atoms with E-state index >= 15 is 0 Å². The minimum absolute atomic E-state index is 0.0972. The number of ketones is 1. The Hall–Kier alpha value is -1.19. The van der Waals surface area contributed by atoms with Crippen LogP contribution in [0.25, 0.3) is 0 Å². The Morgan fingerprint density at radius 1 is 1.43 bits per heavy atom. The topological polar surface area (TPSA) is 60.2 Å². The summed E-state index contributed by atoms with van der Waals surface area (Å²) in [6, 6.07) is -0.515. The van der Waals surface area contributed by atoms with Gasteiger partial charge in [-0.1, -0.05) is 6.08 Å². The zero-order valence-electron chi connectivity index (χ0n) is 7.94. The predicted molar refractivity (Wildman–Crippen MR) is 50.4 cm³/mol. The summed E-state index contributed by atoms with van der Waals surface area (Å²) in [5.74, 6) is 0.0350. The highest BCUT2D eigenvalue weighted by Crippen LogP contribution is 2.35. The predicted octanol–water partition coefficient (Wildman–Crippen LogP) is 1.72. The molecular formula is C10H13NO3. The first-order valence-electron chi connectivity index (χ1n) is 5.07. The summed E-state index contributed by atoms with van der Waals surface area (Å²) in [4.78, 5) is 22.1. The molecule has 2 aliphatic carbocycles. The molecule has 2 unspecified atom stereocenters. The molecule has 0 aromatic heterocycles. The van der Waals surface area contributed by atoms with E-state index in [-0.39, 0.29) is 16.6 Å². The summed E-state index contributed by atoms with van der Waals surface area (Å²) in [7, 11) is 0. The minimum atomic E-state index is -0.515. The molecule has 14 heavy (non-hydrogen) atoms. The van der Waals surface area contributed by atoms with E-state index in [0.717, 1.165) is 18.4 Å². The van der Waals surface area contributed by atoms with E-state index in [0.29, 0.717) is 19.3 Å². The lowest BCUT2D eigenvalue weighted by Crippen LogP contribution is -2.37. The van der Waals surface area contributed by atoms with Gasteiger partial charge in [-0.2, -0.15) is 0 Å². The molecule has 2 rings (SSSR count). The van der Waals surface area contributed by atoms with Crippen molar-refractivity contribution in [2.24, 2.45) is 5.92 Å². The van der Waals surface area contributed by atoms with Crippen LogP contribution in [0.5, 0.6) is 0 Å². The van der Waals surface area contributed by atoms with Crippen molar-refractivity contribution in [1.29, 1.82) is 0 Å². The Kier molecular flexibility index (Phi) is 2.35. The normalized spacial score (nSPS) is 32.0. The largest absolute Gasteiger partial charge is 0.295 e. The van der Waals surface area contributed by atoms with Gasteiger partial charge in [-0.15, -0.1) is 0 Å². The fourth-order valence-electron chi connectivity index (χ4n) is 2.52. The first kappa shape index (κ1) is 9.37. The van der Waals surface area contributed by atoms with Gasteiger partial charge in [0.25, 0.3) is 0 Å². The minimum Gasteiger partial charge on any atom is -0.295 e. The van der Waals surface area contributed by atoms with E-state index in [1.807, 2.05) is 6.08 Å². The van der Waals surface area contributed by atoms with Crippen molar-refractivity contribution in [3.05, 3.63) is 21.8 Å². The molecule has 0 bridgehead atoms.